The molecule has 3 aromatic rings. The summed E-state index contributed by atoms with van der Waals surface area (Å²) in [5, 5.41) is 4.53. The highest BCUT2D eigenvalue weighted by atomic mass is 79.9. The van der Waals surface area contributed by atoms with Crippen LogP contribution in [0.5, 0.6) is 5.75 Å². The maximum absolute atomic E-state index is 12.1. The van der Waals surface area contributed by atoms with Crippen LogP contribution in [0, 0.1) is 6.92 Å². The van der Waals surface area contributed by atoms with Gasteiger partial charge in [0.1, 0.15) is 5.75 Å². The molecule has 1 N–H and O–H groups in total. The smallest absolute Gasteiger partial charge is 0.262 e. The van der Waals surface area contributed by atoms with Crippen LogP contribution in [-0.2, 0) is 4.79 Å². The Kier molecular flexibility index (Phi) is 5.14. The zero-order valence-corrected chi connectivity index (χ0v) is 15.2. The van der Waals surface area contributed by atoms with Gasteiger partial charge in [-0.3, -0.25) is 9.59 Å². The van der Waals surface area contributed by atoms with Gasteiger partial charge in [0.25, 0.3) is 5.91 Å². The number of carbonyl (C=O) groups is 2. The van der Waals surface area contributed by atoms with Gasteiger partial charge >= 0.3 is 0 Å². The summed E-state index contributed by atoms with van der Waals surface area (Å²) in [6, 6.07) is 16.8. The average molecular weight is 398 g/mol. The van der Waals surface area contributed by atoms with Crippen molar-refractivity contribution in [2.45, 2.75) is 6.92 Å². The van der Waals surface area contributed by atoms with Crippen LogP contribution in [0.25, 0.3) is 10.8 Å². The van der Waals surface area contributed by atoms with Crippen LogP contribution in [0.3, 0.4) is 0 Å². The Hall–Kier alpha value is -2.66. The van der Waals surface area contributed by atoms with Crippen molar-refractivity contribution < 1.29 is 14.3 Å². The SMILES string of the molecule is Cc1ccc(NC(=O)COc2ccc3ccccc3c2C=O)c(Br)c1. The first-order chi connectivity index (χ1) is 12.1. The summed E-state index contributed by atoms with van der Waals surface area (Å²) >= 11 is 3.42. The van der Waals surface area contributed by atoms with Gasteiger partial charge < -0.3 is 10.1 Å². The first-order valence-electron chi connectivity index (χ1n) is 7.74. The summed E-state index contributed by atoms with van der Waals surface area (Å²) in [5.74, 6) is 0.0985. The molecule has 0 aliphatic rings. The minimum absolute atomic E-state index is 0.181. The highest BCUT2D eigenvalue weighted by Gasteiger charge is 2.11. The van der Waals surface area contributed by atoms with Crippen molar-refractivity contribution in [3.63, 3.8) is 0 Å². The summed E-state index contributed by atoms with van der Waals surface area (Å²) in [5.41, 5.74) is 2.21. The van der Waals surface area contributed by atoms with E-state index in [1.165, 1.54) is 0 Å². The highest BCUT2D eigenvalue weighted by molar-refractivity contribution is 9.10. The largest absolute Gasteiger partial charge is 0.483 e. The number of fused-ring (bicyclic) bond motifs is 1. The molecular weight excluding hydrogens is 382 g/mol. The summed E-state index contributed by atoms with van der Waals surface area (Å²) in [6.07, 6.45) is 0.756. The molecule has 5 heteroatoms. The molecule has 4 nitrogen and oxygen atoms in total. The van der Waals surface area contributed by atoms with E-state index >= 15 is 0 Å². The second-order valence-electron chi connectivity index (χ2n) is 5.64. The minimum Gasteiger partial charge on any atom is -0.483 e. The van der Waals surface area contributed by atoms with Gasteiger partial charge in [-0.15, -0.1) is 0 Å². The molecule has 0 bridgehead atoms. The topological polar surface area (TPSA) is 55.4 Å². The molecule has 0 heterocycles. The number of ether oxygens (including phenoxy) is 1. The molecule has 3 aromatic carbocycles. The van der Waals surface area contributed by atoms with E-state index in [2.05, 4.69) is 21.2 Å². The molecule has 0 aliphatic carbocycles. The maximum Gasteiger partial charge on any atom is 0.262 e. The van der Waals surface area contributed by atoms with Gasteiger partial charge in [-0.2, -0.15) is 0 Å². The number of amides is 1. The minimum atomic E-state index is -0.297. The molecule has 0 radical (unpaired) electrons. The fourth-order valence-electron chi connectivity index (χ4n) is 2.57. The zero-order valence-electron chi connectivity index (χ0n) is 13.6. The molecule has 0 spiro atoms. The predicted molar refractivity (Wildman–Crippen MR) is 102 cm³/mol. The van der Waals surface area contributed by atoms with Crippen LogP contribution >= 0.6 is 15.9 Å². The van der Waals surface area contributed by atoms with Gasteiger partial charge in [0.2, 0.25) is 0 Å². The lowest BCUT2D eigenvalue weighted by Gasteiger charge is -2.12. The molecule has 0 atom stereocenters. The normalized spacial score (nSPS) is 10.5. The molecule has 25 heavy (non-hydrogen) atoms. The number of hydrogen-bond acceptors (Lipinski definition) is 3. The van der Waals surface area contributed by atoms with Crippen molar-refractivity contribution >= 4 is 44.6 Å². The third-order valence-electron chi connectivity index (χ3n) is 3.81. The molecular formula is C20H16BrNO3. The van der Waals surface area contributed by atoms with Crippen LogP contribution in [0.15, 0.2) is 59.1 Å². The molecule has 0 aliphatic heterocycles. The van der Waals surface area contributed by atoms with Gasteiger partial charge in [0.05, 0.1) is 11.3 Å². The van der Waals surface area contributed by atoms with Crippen molar-refractivity contribution in [3.8, 4) is 5.75 Å². The number of nitrogens with one attached hydrogen (secondary N) is 1. The van der Waals surface area contributed by atoms with Crippen LogP contribution < -0.4 is 10.1 Å². The molecule has 0 unspecified atom stereocenters. The van der Waals surface area contributed by atoms with E-state index in [9.17, 15) is 9.59 Å². The average Bonchev–Trinajstić information content (AvgIpc) is 2.61. The summed E-state index contributed by atoms with van der Waals surface area (Å²) in [7, 11) is 0. The summed E-state index contributed by atoms with van der Waals surface area (Å²) < 4.78 is 6.38. The first-order valence-corrected chi connectivity index (χ1v) is 8.53. The van der Waals surface area contributed by atoms with Crippen LogP contribution in [-0.4, -0.2) is 18.8 Å². The number of aldehydes is 1. The fraction of sp³-hybridized carbons (Fsp3) is 0.100. The molecule has 0 saturated heterocycles. The van der Waals surface area contributed by atoms with E-state index in [-0.39, 0.29) is 12.5 Å². The summed E-state index contributed by atoms with van der Waals surface area (Å²) in [6.45, 7) is 1.79. The monoisotopic (exact) mass is 397 g/mol. The van der Waals surface area contributed by atoms with Crippen molar-refractivity contribution in [1.82, 2.24) is 0 Å². The Bertz CT molecular complexity index is 953. The van der Waals surface area contributed by atoms with Gasteiger partial charge in [0, 0.05) is 4.47 Å². The van der Waals surface area contributed by atoms with Gasteiger partial charge in [-0.1, -0.05) is 36.4 Å². The number of rotatable bonds is 5. The predicted octanol–water partition coefficient (Wildman–Crippen LogP) is 4.74. The number of hydrogen-bond donors (Lipinski definition) is 1. The molecule has 3 rings (SSSR count). The van der Waals surface area contributed by atoms with Gasteiger partial charge in [-0.25, -0.2) is 0 Å². The van der Waals surface area contributed by atoms with E-state index in [0.717, 1.165) is 27.1 Å². The quantitative estimate of drug-likeness (QED) is 0.632. The lowest BCUT2D eigenvalue weighted by Crippen LogP contribution is -2.20. The van der Waals surface area contributed by atoms with E-state index < -0.39 is 0 Å². The Morgan fingerprint density at radius 2 is 1.96 bits per heavy atom. The Morgan fingerprint density at radius 1 is 1.16 bits per heavy atom. The molecule has 1 amide bonds. The van der Waals surface area contributed by atoms with Crippen molar-refractivity contribution in [1.29, 1.82) is 0 Å². The number of halogens is 1. The lowest BCUT2D eigenvalue weighted by atomic mass is 10.0. The molecule has 0 saturated carbocycles. The Balaban J connectivity index is 1.74. The second kappa shape index (κ2) is 7.49. The van der Waals surface area contributed by atoms with Gasteiger partial charge in [0.15, 0.2) is 12.9 Å². The third-order valence-corrected chi connectivity index (χ3v) is 4.46. The summed E-state index contributed by atoms with van der Waals surface area (Å²) in [4.78, 5) is 23.6. The number of benzene rings is 3. The van der Waals surface area contributed by atoms with Crippen LogP contribution in [0.4, 0.5) is 5.69 Å². The van der Waals surface area contributed by atoms with Crippen molar-refractivity contribution in [3.05, 3.63) is 70.2 Å². The Morgan fingerprint density at radius 3 is 2.72 bits per heavy atom. The molecule has 0 aromatic heterocycles. The third kappa shape index (κ3) is 3.88. The zero-order chi connectivity index (χ0) is 17.8. The molecule has 0 fully saturated rings. The number of carbonyl (C=O) groups excluding carboxylic acids is 2. The lowest BCUT2D eigenvalue weighted by molar-refractivity contribution is -0.118. The number of aryl methyl sites for hydroxylation is 1. The van der Waals surface area contributed by atoms with E-state index in [0.29, 0.717) is 17.0 Å². The highest BCUT2D eigenvalue weighted by Crippen LogP contribution is 2.27. The van der Waals surface area contributed by atoms with E-state index in [1.54, 1.807) is 6.07 Å². The standard InChI is InChI=1S/C20H16BrNO3/c1-13-6-8-18(17(21)10-13)22-20(24)12-25-19-9-7-14-4-2-3-5-15(14)16(19)11-23/h2-11H,12H2,1H3,(H,22,24). The maximum atomic E-state index is 12.1. The number of anilines is 1. The molecule has 126 valence electrons. The van der Waals surface area contributed by atoms with Crippen molar-refractivity contribution in [2.75, 3.05) is 11.9 Å². The van der Waals surface area contributed by atoms with Crippen molar-refractivity contribution in [2.24, 2.45) is 0 Å². The first kappa shape index (κ1) is 17.2. The van der Waals surface area contributed by atoms with E-state index in [1.807, 2.05) is 55.5 Å². The second-order valence-corrected chi connectivity index (χ2v) is 6.49. The fourth-order valence-corrected chi connectivity index (χ4v) is 3.17. The Labute approximate surface area is 153 Å². The van der Waals surface area contributed by atoms with Crippen LogP contribution in [0.1, 0.15) is 15.9 Å². The van der Waals surface area contributed by atoms with E-state index in [4.69, 9.17) is 4.74 Å². The van der Waals surface area contributed by atoms with Gasteiger partial charge in [-0.05, 0) is 57.4 Å². The van der Waals surface area contributed by atoms with Crippen LogP contribution in [0.2, 0.25) is 0 Å².